The number of carbonyl (C=O) groups excluding carboxylic acids is 1. The predicted molar refractivity (Wildman–Crippen MR) is 111 cm³/mol. The van der Waals surface area contributed by atoms with Crippen LogP contribution in [0.3, 0.4) is 0 Å². The summed E-state index contributed by atoms with van der Waals surface area (Å²) < 4.78 is 44.2. The lowest BCUT2D eigenvalue weighted by Gasteiger charge is -2.33. The van der Waals surface area contributed by atoms with E-state index in [4.69, 9.17) is 4.74 Å². The first-order valence-corrected chi connectivity index (χ1v) is 11.0. The van der Waals surface area contributed by atoms with Crippen LogP contribution in [0.25, 0.3) is 10.6 Å². The van der Waals surface area contributed by atoms with Crippen molar-refractivity contribution in [3.05, 3.63) is 59.0 Å². The molecule has 1 saturated carbocycles. The first-order chi connectivity index (χ1) is 15.3. The van der Waals surface area contributed by atoms with Gasteiger partial charge >= 0.3 is 6.18 Å². The van der Waals surface area contributed by atoms with Crippen LogP contribution >= 0.6 is 11.3 Å². The van der Waals surface area contributed by atoms with E-state index >= 15 is 0 Å². The average Bonchev–Trinajstić information content (AvgIpc) is 3.50. The number of pyridine rings is 2. The summed E-state index contributed by atoms with van der Waals surface area (Å²) in [6.07, 6.45) is 0.872. The Hall–Kier alpha value is -3.01. The van der Waals surface area contributed by atoms with Crippen LogP contribution < -0.4 is 4.74 Å². The number of thiazole rings is 1. The lowest BCUT2D eigenvalue weighted by Crippen LogP contribution is -2.47. The number of hydrogen-bond acceptors (Lipinski definition) is 6. The molecule has 0 radical (unpaired) electrons. The minimum Gasteiger partial charge on any atom is -0.472 e. The van der Waals surface area contributed by atoms with E-state index < -0.39 is 11.7 Å². The smallest absolute Gasteiger partial charge is 0.417 e. The maximum Gasteiger partial charge on any atom is 0.417 e. The van der Waals surface area contributed by atoms with Crippen molar-refractivity contribution in [1.82, 2.24) is 19.9 Å². The van der Waals surface area contributed by atoms with E-state index in [2.05, 4.69) is 15.0 Å². The molecule has 2 aliphatic rings. The highest BCUT2D eigenvalue weighted by atomic mass is 32.1. The first-order valence-electron chi connectivity index (χ1n) is 10.2. The van der Waals surface area contributed by atoms with Gasteiger partial charge < -0.3 is 9.64 Å². The Labute approximate surface area is 186 Å². The highest BCUT2D eigenvalue weighted by Crippen LogP contribution is 2.41. The topological polar surface area (TPSA) is 68.2 Å². The molecule has 32 heavy (non-hydrogen) atoms. The van der Waals surface area contributed by atoms with Crippen molar-refractivity contribution >= 4 is 17.2 Å². The average molecular weight is 460 g/mol. The van der Waals surface area contributed by atoms with Crippen LogP contribution in [0, 0.1) is 12.8 Å². The fourth-order valence-corrected chi connectivity index (χ4v) is 5.15. The van der Waals surface area contributed by atoms with Crippen molar-refractivity contribution in [2.24, 2.45) is 5.92 Å². The summed E-state index contributed by atoms with van der Waals surface area (Å²) in [5, 5.41) is 2.58. The van der Waals surface area contributed by atoms with Gasteiger partial charge in [0.2, 0.25) is 5.88 Å². The van der Waals surface area contributed by atoms with Crippen LogP contribution in [0.2, 0.25) is 0 Å². The number of rotatable bonds is 4. The maximum absolute atomic E-state index is 13.5. The molecule has 3 atom stereocenters. The number of ether oxygens (including phenoxy) is 1. The predicted octanol–water partition coefficient (Wildman–Crippen LogP) is 4.61. The molecule has 166 valence electrons. The highest BCUT2D eigenvalue weighted by Gasteiger charge is 2.49. The SMILES string of the molecule is Cc1cnc(C(=O)N2C[C@H]3C[C@@H](Oc4ccc(C(F)(F)F)cn4)[C@@H]2C3)c(-c2nccs2)c1. The quantitative estimate of drug-likeness (QED) is 0.569. The molecule has 2 bridgehead atoms. The van der Waals surface area contributed by atoms with Crippen LogP contribution in [-0.4, -0.2) is 44.4 Å². The third-order valence-electron chi connectivity index (χ3n) is 5.91. The van der Waals surface area contributed by atoms with Crippen molar-refractivity contribution in [3.63, 3.8) is 0 Å². The standard InChI is InChI=1S/C22H19F3N4O2S/c1-12-6-15(20-26-4-5-32-20)19(28-9-12)21(30)29-11-13-7-16(29)17(8-13)31-18-3-2-14(10-27-18)22(23,24)25/h2-6,9-10,13,16-17H,7-8,11H2,1H3/t13-,16+,17-/m1/s1. The van der Waals surface area contributed by atoms with Crippen molar-refractivity contribution < 1.29 is 22.7 Å². The Morgan fingerprint density at radius 3 is 2.69 bits per heavy atom. The van der Waals surface area contributed by atoms with E-state index in [0.29, 0.717) is 17.8 Å². The number of nitrogens with zero attached hydrogens (tertiary/aromatic N) is 4. The van der Waals surface area contributed by atoms with Gasteiger partial charge in [-0.25, -0.2) is 9.97 Å². The molecule has 1 aliphatic carbocycles. The van der Waals surface area contributed by atoms with Crippen molar-refractivity contribution in [2.75, 3.05) is 6.54 Å². The molecule has 4 heterocycles. The molecule has 3 aromatic heterocycles. The Morgan fingerprint density at radius 2 is 2.03 bits per heavy atom. The van der Waals surface area contributed by atoms with Crippen LogP contribution in [-0.2, 0) is 6.18 Å². The molecule has 2 fully saturated rings. The number of likely N-dealkylation sites (tertiary alicyclic amines) is 1. The van der Waals surface area contributed by atoms with Gasteiger partial charge in [0, 0.05) is 42.1 Å². The van der Waals surface area contributed by atoms with Crippen LogP contribution in [0.4, 0.5) is 13.2 Å². The van der Waals surface area contributed by atoms with E-state index in [-0.39, 0.29) is 29.9 Å². The van der Waals surface area contributed by atoms with Gasteiger partial charge in [0.1, 0.15) is 16.8 Å². The Kier molecular flexibility index (Phi) is 5.11. The number of fused-ring (bicyclic) bond motifs is 2. The number of aromatic nitrogens is 3. The summed E-state index contributed by atoms with van der Waals surface area (Å²) in [7, 11) is 0. The first kappa shape index (κ1) is 20.9. The van der Waals surface area contributed by atoms with E-state index in [1.165, 1.54) is 17.4 Å². The Balaban J connectivity index is 1.36. The van der Waals surface area contributed by atoms with Crippen LogP contribution in [0.15, 0.2) is 42.2 Å². The van der Waals surface area contributed by atoms with Gasteiger partial charge in [-0.1, -0.05) is 0 Å². The zero-order valence-electron chi connectivity index (χ0n) is 17.0. The molecular formula is C22H19F3N4O2S. The summed E-state index contributed by atoms with van der Waals surface area (Å²) in [6.45, 7) is 2.52. The number of carbonyl (C=O) groups is 1. The van der Waals surface area contributed by atoms with Gasteiger partial charge in [0.05, 0.1) is 11.6 Å². The molecule has 0 N–H and O–H groups in total. The third-order valence-corrected chi connectivity index (χ3v) is 6.72. The highest BCUT2D eigenvalue weighted by molar-refractivity contribution is 7.13. The minimum absolute atomic E-state index is 0.125. The van der Waals surface area contributed by atoms with E-state index in [0.717, 1.165) is 35.7 Å². The van der Waals surface area contributed by atoms with Gasteiger partial charge in [-0.05, 0) is 43.4 Å². The summed E-state index contributed by atoms with van der Waals surface area (Å²) >= 11 is 1.44. The largest absolute Gasteiger partial charge is 0.472 e. The number of amides is 1. The van der Waals surface area contributed by atoms with Crippen molar-refractivity contribution in [3.8, 4) is 16.5 Å². The molecule has 1 aliphatic heterocycles. The van der Waals surface area contributed by atoms with E-state index in [1.807, 2.05) is 18.4 Å². The molecule has 5 rings (SSSR count). The zero-order valence-corrected chi connectivity index (χ0v) is 17.9. The molecule has 1 saturated heterocycles. The number of halogens is 3. The van der Waals surface area contributed by atoms with Crippen LogP contribution in [0.1, 0.15) is 34.5 Å². The summed E-state index contributed by atoms with van der Waals surface area (Å²) in [6, 6.07) is 3.91. The molecule has 1 amide bonds. The monoisotopic (exact) mass is 460 g/mol. The van der Waals surface area contributed by atoms with Crippen LogP contribution in [0.5, 0.6) is 5.88 Å². The lowest BCUT2D eigenvalue weighted by molar-refractivity contribution is -0.137. The summed E-state index contributed by atoms with van der Waals surface area (Å²) in [5.74, 6) is 0.216. The second kappa shape index (κ2) is 7.84. The molecule has 0 aromatic carbocycles. The minimum atomic E-state index is -4.45. The fraction of sp³-hybridized carbons (Fsp3) is 0.364. The lowest BCUT2D eigenvalue weighted by atomic mass is 10.1. The summed E-state index contributed by atoms with van der Waals surface area (Å²) in [4.78, 5) is 27.8. The third kappa shape index (κ3) is 3.83. The van der Waals surface area contributed by atoms with Gasteiger partial charge in [0.25, 0.3) is 5.91 Å². The summed E-state index contributed by atoms with van der Waals surface area (Å²) in [5.41, 5.74) is 1.16. The van der Waals surface area contributed by atoms with Gasteiger partial charge in [-0.3, -0.25) is 9.78 Å². The molecule has 0 spiro atoms. The van der Waals surface area contributed by atoms with E-state index in [1.54, 1.807) is 17.3 Å². The van der Waals surface area contributed by atoms with Crippen molar-refractivity contribution in [1.29, 1.82) is 0 Å². The molecule has 10 heteroatoms. The number of hydrogen-bond donors (Lipinski definition) is 0. The second-order valence-electron chi connectivity index (χ2n) is 8.15. The van der Waals surface area contributed by atoms with E-state index in [9.17, 15) is 18.0 Å². The number of alkyl halides is 3. The van der Waals surface area contributed by atoms with Crippen molar-refractivity contribution in [2.45, 2.75) is 38.1 Å². The second-order valence-corrected chi connectivity index (χ2v) is 9.04. The Bertz CT molecular complexity index is 1140. The maximum atomic E-state index is 13.5. The van der Waals surface area contributed by atoms with Gasteiger partial charge in [0.15, 0.2) is 0 Å². The molecule has 6 nitrogen and oxygen atoms in total. The van der Waals surface area contributed by atoms with Gasteiger partial charge in [-0.15, -0.1) is 11.3 Å². The molecule has 3 aromatic rings. The molecule has 0 unspecified atom stereocenters. The number of aryl methyl sites for hydroxylation is 1. The normalized spacial score (nSPS) is 22.4. The number of piperidine rings is 1. The molecular weight excluding hydrogens is 441 g/mol. The van der Waals surface area contributed by atoms with Gasteiger partial charge in [-0.2, -0.15) is 13.2 Å². The zero-order chi connectivity index (χ0) is 22.5. The Morgan fingerprint density at radius 1 is 1.19 bits per heavy atom. The fourth-order valence-electron chi connectivity index (χ4n) is 4.49.